The van der Waals surface area contributed by atoms with Crippen molar-refractivity contribution in [3.05, 3.63) is 71.2 Å². The highest BCUT2D eigenvalue weighted by molar-refractivity contribution is 6.46. The van der Waals surface area contributed by atoms with E-state index >= 15 is 0 Å². The molecule has 1 unspecified atom stereocenters. The Bertz CT molecular complexity index is 1310. The van der Waals surface area contributed by atoms with Gasteiger partial charge < -0.3 is 19.5 Å². The summed E-state index contributed by atoms with van der Waals surface area (Å²) in [6.45, 7) is 5.55. The van der Waals surface area contributed by atoms with Gasteiger partial charge in [0, 0.05) is 32.4 Å². The molecule has 0 radical (unpaired) electrons. The number of amides is 1. The number of rotatable bonds is 6. The number of likely N-dealkylation sites (tertiary alicyclic amines) is 1. The molecule has 1 aromatic carbocycles. The van der Waals surface area contributed by atoms with E-state index in [9.17, 15) is 14.7 Å². The molecule has 35 heavy (non-hydrogen) atoms. The van der Waals surface area contributed by atoms with Gasteiger partial charge >= 0.3 is 0 Å². The third-order valence-electron chi connectivity index (χ3n) is 6.64. The van der Waals surface area contributed by atoms with E-state index in [0.717, 1.165) is 13.1 Å². The Labute approximate surface area is 203 Å². The van der Waals surface area contributed by atoms with Crippen LogP contribution < -0.4 is 4.74 Å². The molecule has 182 valence electrons. The summed E-state index contributed by atoms with van der Waals surface area (Å²) in [5, 5.41) is 11.5. The number of carbonyl (C=O) groups excluding carboxylic acids is 2. The number of carbonyl (C=O) groups is 2. The number of ketones is 1. The Hall–Kier alpha value is -3.69. The molecule has 3 aromatic rings. The number of ether oxygens (including phenoxy) is 2. The Morgan fingerprint density at radius 2 is 1.94 bits per heavy atom. The largest absolute Gasteiger partial charge is 0.505 e. The number of aliphatic hydroxyl groups is 1. The Kier molecular flexibility index (Phi) is 6.27. The van der Waals surface area contributed by atoms with Crippen LogP contribution in [-0.2, 0) is 14.3 Å². The molecule has 2 fully saturated rings. The lowest BCUT2D eigenvalue weighted by molar-refractivity contribution is -0.140. The van der Waals surface area contributed by atoms with Crippen LogP contribution in [-0.4, -0.2) is 82.5 Å². The molecule has 2 aliphatic rings. The number of Topliss-reactive ketones (excluding diaryl/α,β-unsaturated/α-hetero) is 1. The summed E-state index contributed by atoms with van der Waals surface area (Å²) in [5.74, 6) is -0.963. The smallest absolute Gasteiger partial charge is 0.295 e. The molecule has 2 saturated heterocycles. The minimum Gasteiger partial charge on any atom is -0.505 e. The van der Waals surface area contributed by atoms with Crippen LogP contribution in [0, 0.1) is 6.92 Å². The molecule has 9 heteroatoms. The van der Waals surface area contributed by atoms with Crippen LogP contribution in [0.5, 0.6) is 5.75 Å². The third-order valence-corrected chi connectivity index (χ3v) is 6.64. The predicted molar refractivity (Wildman–Crippen MR) is 129 cm³/mol. The van der Waals surface area contributed by atoms with Gasteiger partial charge in [0.15, 0.2) is 5.76 Å². The van der Waals surface area contributed by atoms with Crippen LogP contribution in [0.4, 0.5) is 0 Å². The summed E-state index contributed by atoms with van der Waals surface area (Å²) < 4.78 is 12.6. The van der Waals surface area contributed by atoms with Crippen LogP contribution in [0.15, 0.2) is 54.2 Å². The molecular formula is C26H28N4O5. The number of methoxy groups -OCH3 is 1. The first-order chi connectivity index (χ1) is 17.0. The fraction of sp³-hybridized carbons (Fsp3) is 0.346. The van der Waals surface area contributed by atoms with Crippen molar-refractivity contribution in [1.29, 1.82) is 0 Å². The first-order valence-electron chi connectivity index (χ1n) is 11.7. The lowest BCUT2D eigenvalue weighted by Gasteiger charge is -2.31. The lowest BCUT2D eigenvalue weighted by atomic mass is 9.96. The Balaban J connectivity index is 1.62. The van der Waals surface area contributed by atoms with Crippen molar-refractivity contribution in [3.63, 3.8) is 0 Å². The molecule has 0 bridgehead atoms. The van der Waals surface area contributed by atoms with Crippen LogP contribution >= 0.6 is 0 Å². The number of morpholine rings is 1. The van der Waals surface area contributed by atoms with Gasteiger partial charge in [0.1, 0.15) is 17.1 Å². The van der Waals surface area contributed by atoms with Crippen molar-refractivity contribution < 1.29 is 24.2 Å². The van der Waals surface area contributed by atoms with Gasteiger partial charge in [-0.15, -0.1) is 0 Å². The average Bonchev–Trinajstić information content (AvgIpc) is 3.35. The zero-order chi connectivity index (χ0) is 24.5. The standard InChI is InChI=1S/C26H28N4O5/c1-17-22(29-9-4-3-8-20(29)27-17)24(31)21-23(18-6-5-7-19(16-18)34-2)30(26(33)25(21)32)11-10-28-12-14-35-15-13-28/h3-9,16,23,31H,10-15H2,1-2H3/b24-21-. The third kappa shape index (κ3) is 4.17. The number of benzene rings is 1. The van der Waals surface area contributed by atoms with Crippen LogP contribution in [0.1, 0.15) is 23.0 Å². The van der Waals surface area contributed by atoms with Crippen molar-refractivity contribution in [1.82, 2.24) is 19.2 Å². The molecule has 0 saturated carbocycles. The topological polar surface area (TPSA) is 96.6 Å². The second kappa shape index (κ2) is 9.52. The van der Waals surface area contributed by atoms with Gasteiger partial charge in [-0.3, -0.25) is 18.9 Å². The van der Waals surface area contributed by atoms with E-state index in [4.69, 9.17) is 9.47 Å². The molecule has 0 aliphatic carbocycles. The lowest BCUT2D eigenvalue weighted by Crippen LogP contribution is -2.42. The number of aliphatic hydroxyl groups excluding tert-OH is 1. The van der Waals surface area contributed by atoms with Crippen LogP contribution in [0.2, 0.25) is 0 Å². The van der Waals surface area contributed by atoms with E-state index in [2.05, 4.69) is 9.88 Å². The summed E-state index contributed by atoms with van der Waals surface area (Å²) in [7, 11) is 1.57. The highest BCUT2D eigenvalue weighted by atomic mass is 16.5. The van der Waals surface area contributed by atoms with E-state index < -0.39 is 17.7 Å². The van der Waals surface area contributed by atoms with E-state index in [0.29, 0.717) is 54.7 Å². The minimum absolute atomic E-state index is 0.0546. The maximum atomic E-state index is 13.4. The second-order valence-electron chi connectivity index (χ2n) is 8.70. The van der Waals surface area contributed by atoms with Crippen molar-refractivity contribution in [2.75, 3.05) is 46.5 Å². The maximum absolute atomic E-state index is 13.4. The normalized spacial score (nSPS) is 20.6. The van der Waals surface area contributed by atoms with Gasteiger partial charge in [-0.2, -0.15) is 0 Å². The summed E-state index contributed by atoms with van der Waals surface area (Å²) in [4.78, 5) is 34.9. The van der Waals surface area contributed by atoms with E-state index in [1.807, 2.05) is 30.3 Å². The Morgan fingerprint density at radius 1 is 1.14 bits per heavy atom. The first kappa shape index (κ1) is 23.1. The van der Waals surface area contributed by atoms with Crippen LogP contribution in [0.25, 0.3) is 11.4 Å². The van der Waals surface area contributed by atoms with Gasteiger partial charge in [-0.25, -0.2) is 4.98 Å². The monoisotopic (exact) mass is 476 g/mol. The second-order valence-corrected chi connectivity index (χ2v) is 8.70. The van der Waals surface area contributed by atoms with Gasteiger partial charge in [0.05, 0.1) is 37.6 Å². The van der Waals surface area contributed by atoms with Crippen LogP contribution in [0.3, 0.4) is 0 Å². The summed E-state index contributed by atoms with van der Waals surface area (Å²) in [6.07, 6.45) is 1.78. The molecule has 0 spiro atoms. The molecule has 2 aromatic heterocycles. The van der Waals surface area contributed by atoms with Crippen molar-refractivity contribution >= 4 is 23.1 Å². The molecule has 1 atom stereocenters. The van der Waals surface area contributed by atoms with E-state index in [1.165, 1.54) is 0 Å². The molecule has 9 nitrogen and oxygen atoms in total. The number of nitrogens with zero attached hydrogens (tertiary/aromatic N) is 4. The number of hydrogen-bond acceptors (Lipinski definition) is 7. The number of aromatic nitrogens is 2. The number of fused-ring (bicyclic) bond motifs is 1. The molecule has 1 N–H and O–H groups in total. The van der Waals surface area contributed by atoms with Gasteiger partial charge in [0.25, 0.3) is 11.7 Å². The summed E-state index contributed by atoms with van der Waals surface area (Å²) in [6, 6.07) is 12.0. The average molecular weight is 477 g/mol. The van der Waals surface area contributed by atoms with Gasteiger partial charge in [-0.05, 0) is 36.8 Å². The predicted octanol–water partition coefficient (Wildman–Crippen LogP) is 2.41. The number of hydrogen-bond donors (Lipinski definition) is 1. The zero-order valence-electron chi connectivity index (χ0n) is 19.8. The number of aryl methyl sites for hydroxylation is 1. The fourth-order valence-electron chi connectivity index (χ4n) is 4.87. The van der Waals surface area contributed by atoms with Crippen molar-refractivity contribution in [2.24, 2.45) is 0 Å². The Morgan fingerprint density at radius 3 is 2.71 bits per heavy atom. The number of pyridine rings is 1. The number of imidazole rings is 1. The highest BCUT2D eigenvalue weighted by Gasteiger charge is 2.46. The SMILES string of the molecule is COc1cccc(C2/C(=C(/O)c3c(C)nc4ccccn34)C(=O)C(=O)N2CCN2CCOCC2)c1. The molecule has 1 amide bonds. The first-order valence-corrected chi connectivity index (χ1v) is 11.7. The van der Waals surface area contributed by atoms with Crippen molar-refractivity contribution in [3.8, 4) is 5.75 Å². The van der Waals surface area contributed by atoms with Gasteiger partial charge in [-0.1, -0.05) is 18.2 Å². The fourth-order valence-corrected chi connectivity index (χ4v) is 4.87. The van der Waals surface area contributed by atoms with E-state index in [1.54, 1.807) is 41.7 Å². The molecule has 5 rings (SSSR count). The summed E-state index contributed by atoms with van der Waals surface area (Å²) in [5.41, 5.74) is 2.36. The highest BCUT2D eigenvalue weighted by Crippen LogP contribution is 2.40. The quantitative estimate of drug-likeness (QED) is 0.332. The molecular weight excluding hydrogens is 448 g/mol. The zero-order valence-corrected chi connectivity index (χ0v) is 19.8. The molecule has 4 heterocycles. The summed E-state index contributed by atoms with van der Waals surface area (Å²) >= 11 is 0. The van der Waals surface area contributed by atoms with Crippen molar-refractivity contribution in [2.45, 2.75) is 13.0 Å². The minimum atomic E-state index is -0.750. The van der Waals surface area contributed by atoms with Gasteiger partial charge in [0.2, 0.25) is 0 Å². The molecule has 2 aliphatic heterocycles. The van der Waals surface area contributed by atoms with E-state index in [-0.39, 0.29) is 11.3 Å². The maximum Gasteiger partial charge on any atom is 0.295 e.